The molecule has 0 aliphatic carbocycles. The second kappa shape index (κ2) is 6.70. The van der Waals surface area contributed by atoms with E-state index in [1.54, 1.807) is 23.9 Å². The number of hydrogen-bond donors (Lipinski definition) is 1. The van der Waals surface area contributed by atoms with Gasteiger partial charge in [0, 0.05) is 25.7 Å². The van der Waals surface area contributed by atoms with Crippen molar-refractivity contribution in [3.05, 3.63) is 64.4 Å². The van der Waals surface area contributed by atoms with Crippen LogP contribution in [0.15, 0.2) is 42.5 Å². The zero-order chi connectivity index (χ0) is 20.1. The van der Waals surface area contributed by atoms with Crippen molar-refractivity contribution in [2.75, 3.05) is 17.2 Å². The Morgan fingerprint density at radius 3 is 2.69 bits per heavy atom. The zero-order valence-electron chi connectivity index (χ0n) is 15.7. The van der Waals surface area contributed by atoms with Crippen molar-refractivity contribution in [3.8, 4) is 11.3 Å². The van der Waals surface area contributed by atoms with Gasteiger partial charge in [0.05, 0.1) is 16.1 Å². The van der Waals surface area contributed by atoms with Crippen molar-refractivity contribution in [2.24, 2.45) is 7.05 Å². The number of rotatable bonds is 2. The highest BCUT2D eigenvalue weighted by Crippen LogP contribution is 2.34. The molecule has 5 rings (SSSR count). The molecule has 0 atom stereocenters. The van der Waals surface area contributed by atoms with Crippen LogP contribution in [0.3, 0.4) is 0 Å². The Morgan fingerprint density at radius 1 is 1.10 bits per heavy atom. The van der Waals surface area contributed by atoms with Crippen LogP contribution in [-0.4, -0.2) is 26.3 Å². The van der Waals surface area contributed by atoms with Gasteiger partial charge in [-0.25, -0.2) is 9.37 Å². The first-order valence-corrected chi connectivity index (χ1v) is 9.66. The van der Waals surface area contributed by atoms with E-state index in [4.69, 9.17) is 22.3 Å². The summed E-state index contributed by atoms with van der Waals surface area (Å²) in [4.78, 5) is 11.6. The number of fused-ring (bicyclic) bond motifs is 2. The van der Waals surface area contributed by atoms with E-state index in [1.165, 1.54) is 17.2 Å². The fourth-order valence-corrected chi connectivity index (χ4v) is 3.94. The molecule has 0 spiro atoms. The number of aryl methyl sites for hydroxylation is 1. The third kappa shape index (κ3) is 2.98. The molecule has 2 aromatic carbocycles. The number of nitrogens with two attached hydrogens (primary N) is 1. The second-order valence-electron chi connectivity index (χ2n) is 7.15. The van der Waals surface area contributed by atoms with Crippen LogP contribution in [0.25, 0.3) is 22.3 Å². The number of aromatic nitrogens is 4. The number of benzene rings is 2. The molecule has 0 unspecified atom stereocenters. The summed E-state index contributed by atoms with van der Waals surface area (Å²) in [5, 5.41) is 5.11. The molecule has 8 heteroatoms. The van der Waals surface area contributed by atoms with Crippen molar-refractivity contribution >= 4 is 34.4 Å². The van der Waals surface area contributed by atoms with Crippen molar-refractivity contribution < 1.29 is 4.39 Å². The minimum atomic E-state index is -0.479. The molecule has 1 aliphatic heterocycles. The maximum atomic E-state index is 13.7. The Hall–Kier alpha value is -3.19. The van der Waals surface area contributed by atoms with Crippen LogP contribution in [0.4, 0.5) is 16.2 Å². The molecule has 29 heavy (non-hydrogen) atoms. The highest BCUT2D eigenvalue weighted by Gasteiger charge is 2.23. The quantitative estimate of drug-likeness (QED) is 0.543. The molecular weight excluding hydrogens is 391 g/mol. The van der Waals surface area contributed by atoms with Crippen LogP contribution < -0.4 is 10.6 Å². The van der Waals surface area contributed by atoms with Gasteiger partial charge in [-0.1, -0.05) is 35.9 Å². The molecule has 146 valence electrons. The molecule has 0 radical (unpaired) electrons. The summed E-state index contributed by atoms with van der Waals surface area (Å²) in [6, 6.07) is 12.9. The van der Waals surface area contributed by atoms with E-state index in [9.17, 15) is 4.39 Å². The molecule has 2 aromatic heterocycles. The van der Waals surface area contributed by atoms with Crippen LogP contribution in [0.2, 0.25) is 5.02 Å². The molecule has 1 aliphatic rings. The van der Waals surface area contributed by atoms with Gasteiger partial charge in [0.15, 0.2) is 5.65 Å². The first-order chi connectivity index (χ1) is 14.0. The summed E-state index contributed by atoms with van der Waals surface area (Å²) in [6.07, 6.45) is 0.916. The highest BCUT2D eigenvalue weighted by atomic mass is 35.5. The fraction of sp³-hybridized carbons (Fsp3) is 0.190. The molecular formula is C21H18ClFN6. The minimum Gasteiger partial charge on any atom is -0.383 e. The van der Waals surface area contributed by atoms with Crippen molar-refractivity contribution in [1.29, 1.82) is 0 Å². The maximum Gasteiger partial charge on any atom is 0.228 e. The molecule has 0 amide bonds. The van der Waals surface area contributed by atoms with Gasteiger partial charge in [-0.3, -0.25) is 4.68 Å². The molecule has 0 saturated carbocycles. The van der Waals surface area contributed by atoms with E-state index < -0.39 is 5.82 Å². The number of hydrogen-bond acceptors (Lipinski definition) is 5. The average molecular weight is 409 g/mol. The Bertz CT molecular complexity index is 1250. The third-order valence-corrected chi connectivity index (χ3v) is 5.62. The van der Waals surface area contributed by atoms with Crippen LogP contribution >= 0.6 is 11.6 Å². The van der Waals surface area contributed by atoms with Gasteiger partial charge in [-0.15, -0.1) is 0 Å². The number of nitrogens with zero attached hydrogens (tertiary/aromatic N) is 5. The van der Waals surface area contributed by atoms with Crippen LogP contribution in [-0.2, 0) is 20.0 Å². The van der Waals surface area contributed by atoms with E-state index in [1.807, 2.05) is 6.07 Å². The largest absolute Gasteiger partial charge is 0.383 e. The topological polar surface area (TPSA) is 72.9 Å². The summed E-state index contributed by atoms with van der Waals surface area (Å²) in [6.45, 7) is 1.52. The van der Waals surface area contributed by atoms with Gasteiger partial charge in [0.2, 0.25) is 5.95 Å². The van der Waals surface area contributed by atoms with E-state index >= 15 is 0 Å². The summed E-state index contributed by atoms with van der Waals surface area (Å²) < 4.78 is 15.3. The highest BCUT2D eigenvalue weighted by molar-refractivity contribution is 6.31. The molecule has 3 heterocycles. The predicted octanol–water partition coefficient (Wildman–Crippen LogP) is 3.97. The minimum absolute atomic E-state index is 0.0326. The van der Waals surface area contributed by atoms with Gasteiger partial charge >= 0.3 is 0 Å². The predicted molar refractivity (Wildman–Crippen MR) is 112 cm³/mol. The van der Waals surface area contributed by atoms with Gasteiger partial charge in [0.1, 0.15) is 11.6 Å². The number of halogens is 2. The average Bonchev–Trinajstić information content (AvgIpc) is 3.02. The lowest BCUT2D eigenvalue weighted by Gasteiger charge is -2.29. The Labute approximate surface area is 171 Å². The lowest BCUT2D eigenvalue weighted by Crippen LogP contribution is -2.31. The zero-order valence-corrected chi connectivity index (χ0v) is 16.5. The molecule has 2 N–H and O–H groups in total. The first kappa shape index (κ1) is 17.9. The number of anilines is 2. The second-order valence-corrected chi connectivity index (χ2v) is 7.56. The van der Waals surface area contributed by atoms with Crippen LogP contribution in [0.1, 0.15) is 11.1 Å². The lowest BCUT2D eigenvalue weighted by molar-refractivity contribution is 0.628. The van der Waals surface area contributed by atoms with Crippen molar-refractivity contribution in [2.45, 2.75) is 13.0 Å². The smallest absolute Gasteiger partial charge is 0.228 e. The molecule has 4 aromatic rings. The van der Waals surface area contributed by atoms with Crippen LogP contribution in [0, 0.1) is 5.82 Å². The molecule has 0 bridgehead atoms. The summed E-state index contributed by atoms with van der Waals surface area (Å²) in [7, 11) is 1.76. The SMILES string of the molecule is Cn1nc2nc(N3CCc4ccccc4C3)nc(-c3ccc(F)c(Cl)c3)c2c1N. The summed E-state index contributed by atoms with van der Waals surface area (Å²) in [5.74, 6) is 0.541. The standard InChI is InChI=1S/C21H18ClFN6/c1-28-19(24)17-18(13-6-7-16(23)15(22)10-13)25-21(26-20(17)27-28)29-9-8-12-4-2-3-5-14(12)11-29/h2-7,10H,8-9,11,24H2,1H3. The van der Waals surface area contributed by atoms with Crippen molar-refractivity contribution in [1.82, 2.24) is 19.7 Å². The lowest BCUT2D eigenvalue weighted by atomic mass is 10.0. The first-order valence-electron chi connectivity index (χ1n) is 9.28. The molecule has 0 fully saturated rings. The van der Waals surface area contributed by atoms with E-state index in [-0.39, 0.29) is 5.02 Å². The van der Waals surface area contributed by atoms with Gasteiger partial charge in [-0.2, -0.15) is 10.1 Å². The Kier molecular flexibility index (Phi) is 4.13. The fourth-order valence-electron chi connectivity index (χ4n) is 3.76. The monoisotopic (exact) mass is 408 g/mol. The number of nitrogen functional groups attached to an aromatic ring is 1. The van der Waals surface area contributed by atoms with E-state index in [0.29, 0.717) is 40.6 Å². The normalized spacial score (nSPS) is 13.7. The third-order valence-electron chi connectivity index (χ3n) is 5.33. The van der Waals surface area contributed by atoms with E-state index in [2.05, 4.69) is 33.2 Å². The van der Waals surface area contributed by atoms with Gasteiger partial charge in [0.25, 0.3) is 0 Å². The Morgan fingerprint density at radius 2 is 1.90 bits per heavy atom. The molecule has 6 nitrogen and oxygen atoms in total. The Balaban J connectivity index is 1.67. The maximum absolute atomic E-state index is 13.7. The van der Waals surface area contributed by atoms with Gasteiger partial charge in [-0.05, 0) is 35.7 Å². The van der Waals surface area contributed by atoms with Gasteiger partial charge < -0.3 is 10.6 Å². The van der Waals surface area contributed by atoms with E-state index in [0.717, 1.165) is 13.0 Å². The summed E-state index contributed by atoms with van der Waals surface area (Å²) in [5.41, 5.74) is 10.6. The molecule has 0 saturated heterocycles. The van der Waals surface area contributed by atoms with Crippen LogP contribution in [0.5, 0.6) is 0 Å². The summed E-state index contributed by atoms with van der Waals surface area (Å²) >= 11 is 6.02. The van der Waals surface area contributed by atoms with Crippen molar-refractivity contribution in [3.63, 3.8) is 0 Å².